The van der Waals surface area contributed by atoms with E-state index in [0.29, 0.717) is 0 Å². The Balaban J connectivity index is 2.06. The fourth-order valence-corrected chi connectivity index (χ4v) is 1.78. The summed E-state index contributed by atoms with van der Waals surface area (Å²) in [7, 11) is 3.35. The number of benzene rings is 2. The molecule has 1 N–H and O–H groups in total. The molecule has 0 saturated carbocycles. The van der Waals surface area contributed by atoms with E-state index in [1.807, 2.05) is 48.5 Å². The number of nitrogens with one attached hydrogen (secondary N) is 1. The topological polar surface area (TPSA) is 30.5 Å². The fourth-order valence-electron chi connectivity index (χ4n) is 1.78. The third kappa shape index (κ3) is 2.94. The smallest absolute Gasteiger partial charge is 0.123 e. The predicted octanol–water partition coefficient (Wildman–Crippen LogP) is 3.32. The Morgan fingerprint density at radius 3 is 2.56 bits per heavy atom. The number of anilines is 1. The van der Waals surface area contributed by atoms with Crippen LogP contribution < -0.4 is 14.8 Å². The lowest BCUT2D eigenvalue weighted by atomic mass is 10.2. The third-order valence-electron chi connectivity index (χ3n) is 2.75. The van der Waals surface area contributed by atoms with Crippen LogP contribution in [0.25, 0.3) is 0 Å². The molecular formula is C15H17NO2. The molecule has 2 aromatic carbocycles. The molecule has 0 bridgehead atoms. The maximum Gasteiger partial charge on any atom is 0.123 e. The van der Waals surface area contributed by atoms with Crippen molar-refractivity contribution >= 4 is 5.69 Å². The summed E-state index contributed by atoms with van der Waals surface area (Å²) in [5.41, 5.74) is 2.16. The van der Waals surface area contributed by atoms with E-state index in [1.54, 1.807) is 14.2 Å². The van der Waals surface area contributed by atoms with Crippen molar-refractivity contribution in [3.05, 3.63) is 54.1 Å². The quantitative estimate of drug-likeness (QED) is 0.873. The van der Waals surface area contributed by atoms with Gasteiger partial charge < -0.3 is 14.8 Å². The first-order valence-electron chi connectivity index (χ1n) is 5.83. The van der Waals surface area contributed by atoms with E-state index in [0.717, 1.165) is 29.3 Å². The van der Waals surface area contributed by atoms with Gasteiger partial charge in [-0.25, -0.2) is 0 Å². The molecule has 2 aromatic rings. The molecule has 0 amide bonds. The molecule has 18 heavy (non-hydrogen) atoms. The van der Waals surface area contributed by atoms with Gasteiger partial charge in [0.15, 0.2) is 0 Å². The third-order valence-corrected chi connectivity index (χ3v) is 2.75. The molecule has 0 saturated heterocycles. The van der Waals surface area contributed by atoms with Crippen molar-refractivity contribution < 1.29 is 9.47 Å². The Hall–Kier alpha value is -2.16. The van der Waals surface area contributed by atoms with Gasteiger partial charge >= 0.3 is 0 Å². The minimum Gasteiger partial charge on any atom is -0.497 e. The molecule has 0 radical (unpaired) electrons. The summed E-state index contributed by atoms with van der Waals surface area (Å²) in [6, 6.07) is 15.8. The lowest BCUT2D eigenvalue weighted by Crippen LogP contribution is -2.01. The van der Waals surface area contributed by atoms with Crippen molar-refractivity contribution in [2.24, 2.45) is 0 Å². The lowest BCUT2D eigenvalue weighted by Gasteiger charge is -2.11. The summed E-state index contributed by atoms with van der Waals surface area (Å²) in [5.74, 6) is 1.74. The molecule has 0 aliphatic rings. The number of ether oxygens (including phenoxy) is 2. The van der Waals surface area contributed by atoms with Crippen LogP contribution in [-0.2, 0) is 6.54 Å². The Morgan fingerprint density at radius 1 is 0.944 bits per heavy atom. The molecule has 94 valence electrons. The summed E-state index contributed by atoms with van der Waals surface area (Å²) in [4.78, 5) is 0. The van der Waals surface area contributed by atoms with Crippen molar-refractivity contribution in [1.82, 2.24) is 0 Å². The zero-order chi connectivity index (χ0) is 12.8. The highest BCUT2D eigenvalue weighted by Crippen LogP contribution is 2.21. The summed E-state index contributed by atoms with van der Waals surface area (Å²) in [6.07, 6.45) is 0. The summed E-state index contributed by atoms with van der Waals surface area (Å²) in [6.45, 7) is 0.719. The number of hydrogen-bond acceptors (Lipinski definition) is 3. The van der Waals surface area contributed by atoms with Gasteiger partial charge in [-0.05, 0) is 18.2 Å². The van der Waals surface area contributed by atoms with Crippen molar-refractivity contribution in [3.63, 3.8) is 0 Å². The van der Waals surface area contributed by atoms with Crippen molar-refractivity contribution in [3.8, 4) is 11.5 Å². The minimum absolute atomic E-state index is 0.719. The second-order valence-electron chi connectivity index (χ2n) is 3.90. The van der Waals surface area contributed by atoms with Gasteiger partial charge in [0, 0.05) is 23.9 Å². The molecule has 0 aliphatic heterocycles. The Kier molecular flexibility index (Phi) is 4.07. The van der Waals surface area contributed by atoms with Gasteiger partial charge in [0.1, 0.15) is 11.5 Å². The first-order chi connectivity index (χ1) is 8.83. The zero-order valence-corrected chi connectivity index (χ0v) is 10.6. The van der Waals surface area contributed by atoms with Gasteiger partial charge in [0.25, 0.3) is 0 Å². The van der Waals surface area contributed by atoms with E-state index < -0.39 is 0 Å². The molecule has 0 unspecified atom stereocenters. The molecule has 0 aromatic heterocycles. The highest BCUT2D eigenvalue weighted by molar-refractivity contribution is 5.49. The number of para-hydroxylation sites is 1. The Labute approximate surface area is 107 Å². The lowest BCUT2D eigenvalue weighted by molar-refractivity contribution is 0.410. The number of hydrogen-bond donors (Lipinski definition) is 1. The summed E-state index contributed by atoms with van der Waals surface area (Å²) < 4.78 is 10.5. The van der Waals surface area contributed by atoms with Gasteiger partial charge in [-0.15, -0.1) is 0 Å². The molecular weight excluding hydrogens is 226 g/mol. The van der Waals surface area contributed by atoms with E-state index in [2.05, 4.69) is 5.32 Å². The molecule has 0 atom stereocenters. The van der Waals surface area contributed by atoms with Gasteiger partial charge in [0.2, 0.25) is 0 Å². The van der Waals surface area contributed by atoms with Gasteiger partial charge in [-0.1, -0.05) is 24.3 Å². The zero-order valence-electron chi connectivity index (χ0n) is 10.6. The summed E-state index contributed by atoms with van der Waals surface area (Å²) >= 11 is 0. The molecule has 3 nitrogen and oxygen atoms in total. The first-order valence-corrected chi connectivity index (χ1v) is 5.83. The van der Waals surface area contributed by atoms with Crippen LogP contribution in [0.3, 0.4) is 0 Å². The molecule has 0 aliphatic carbocycles. The van der Waals surface area contributed by atoms with E-state index in [9.17, 15) is 0 Å². The molecule has 0 spiro atoms. The average Bonchev–Trinajstić information content (AvgIpc) is 2.45. The van der Waals surface area contributed by atoms with Crippen LogP contribution in [0.15, 0.2) is 48.5 Å². The van der Waals surface area contributed by atoms with Crippen LogP contribution in [-0.4, -0.2) is 14.2 Å². The second kappa shape index (κ2) is 5.96. The largest absolute Gasteiger partial charge is 0.497 e. The molecule has 3 heteroatoms. The van der Waals surface area contributed by atoms with Gasteiger partial charge in [-0.3, -0.25) is 0 Å². The second-order valence-corrected chi connectivity index (χ2v) is 3.90. The van der Waals surface area contributed by atoms with Crippen molar-refractivity contribution in [2.75, 3.05) is 19.5 Å². The highest BCUT2D eigenvalue weighted by Gasteiger charge is 2.01. The highest BCUT2D eigenvalue weighted by atomic mass is 16.5. The van der Waals surface area contributed by atoms with Gasteiger partial charge in [-0.2, -0.15) is 0 Å². The van der Waals surface area contributed by atoms with Crippen LogP contribution in [0.1, 0.15) is 5.56 Å². The maximum atomic E-state index is 5.31. The normalized spacial score (nSPS) is 9.89. The van der Waals surface area contributed by atoms with Crippen LogP contribution in [0, 0.1) is 0 Å². The average molecular weight is 243 g/mol. The molecule has 0 fully saturated rings. The minimum atomic E-state index is 0.719. The van der Waals surface area contributed by atoms with Gasteiger partial charge in [0.05, 0.1) is 14.2 Å². The Morgan fingerprint density at radius 2 is 1.78 bits per heavy atom. The van der Waals surface area contributed by atoms with Crippen LogP contribution in [0.5, 0.6) is 11.5 Å². The Bertz CT molecular complexity index is 511. The van der Waals surface area contributed by atoms with Crippen molar-refractivity contribution in [2.45, 2.75) is 6.54 Å². The van der Waals surface area contributed by atoms with E-state index in [1.165, 1.54) is 0 Å². The standard InChI is InChI=1S/C15H17NO2/c1-17-14-8-5-7-13(10-14)16-11-12-6-3-4-9-15(12)18-2/h3-10,16H,11H2,1-2H3. The van der Waals surface area contributed by atoms with E-state index >= 15 is 0 Å². The van der Waals surface area contributed by atoms with E-state index in [4.69, 9.17) is 9.47 Å². The van der Waals surface area contributed by atoms with Crippen LogP contribution in [0.2, 0.25) is 0 Å². The van der Waals surface area contributed by atoms with Crippen LogP contribution >= 0.6 is 0 Å². The molecule has 2 rings (SSSR count). The maximum absolute atomic E-state index is 5.31. The fraction of sp³-hybridized carbons (Fsp3) is 0.200. The van der Waals surface area contributed by atoms with E-state index in [-0.39, 0.29) is 0 Å². The molecule has 0 heterocycles. The van der Waals surface area contributed by atoms with Crippen molar-refractivity contribution in [1.29, 1.82) is 0 Å². The monoisotopic (exact) mass is 243 g/mol. The van der Waals surface area contributed by atoms with Crippen LogP contribution in [0.4, 0.5) is 5.69 Å². The number of methoxy groups -OCH3 is 2. The first kappa shape index (κ1) is 12.3. The SMILES string of the molecule is COc1cccc(NCc2ccccc2OC)c1. The summed E-state index contributed by atoms with van der Waals surface area (Å²) in [5, 5.41) is 3.35. The number of rotatable bonds is 5. The predicted molar refractivity (Wildman–Crippen MR) is 73.3 cm³/mol.